The van der Waals surface area contributed by atoms with Crippen LogP contribution in [0, 0.1) is 5.41 Å². The summed E-state index contributed by atoms with van der Waals surface area (Å²) in [4.78, 5) is 10.7. The van der Waals surface area contributed by atoms with E-state index in [4.69, 9.17) is 5.11 Å². The van der Waals surface area contributed by atoms with E-state index in [0.717, 1.165) is 0 Å². The first kappa shape index (κ1) is 13.6. The molecular weight excluding hydrogens is 202 g/mol. The van der Waals surface area contributed by atoms with E-state index in [-0.39, 0.29) is 5.25 Å². The second-order valence-electron chi connectivity index (χ2n) is 4.13. The van der Waals surface area contributed by atoms with Gasteiger partial charge in [0.15, 0.2) is 0 Å². The van der Waals surface area contributed by atoms with Gasteiger partial charge in [-0.2, -0.15) is 0 Å². The molecule has 0 radical (unpaired) electrons. The van der Waals surface area contributed by atoms with Crippen LogP contribution in [0.4, 0.5) is 0 Å². The SMILES string of the molecule is CC(CNCC(C)(C)C(=O)O)S(C)=O. The van der Waals surface area contributed by atoms with Crippen LogP contribution in [0.1, 0.15) is 20.8 Å². The highest BCUT2D eigenvalue weighted by Gasteiger charge is 2.26. The van der Waals surface area contributed by atoms with Crippen molar-refractivity contribution in [3.8, 4) is 0 Å². The van der Waals surface area contributed by atoms with E-state index >= 15 is 0 Å². The summed E-state index contributed by atoms with van der Waals surface area (Å²) >= 11 is 0. The topological polar surface area (TPSA) is 66.4 Å². The van der Waals surface area contributed by atoms with Crippen molar-refractivity contribution in [3.05, 3.63) is 0 Å². The first-order valence-electron chi connectivity index (χ1n) is 4.53. The molecule has 2 atom stereocenters. The van der Waals surface area contributed by atoms with Crippen molar-refractivity contribution in [1.29, 1.82) is 0 Å². The normalized spacial score (nSPS) is 16.3. The Hall–Kier alpha value is -0.420. The Morgan fingerprint density at radius 3 is 2.43 bits per heavy atom. The predicted octanol–water partition coefficient (Wildman–Crippen LogP) is 0.454. The minimum atomic E-state index is -0.859. The minimum Gasteiger partial charge on any atom is -0.481 e. The first-order chi connectivity index (χ1) is 6.27. The van der Waals surface area contributed by atoms with Crippen molar-refractivity contribution in [2.45, 2.75) is 26.0 Å². The fraction of sp³-hybridized carbons (Fsp3) is 0.889. The quantitative estimate of drug-likeness (QED) is 0.683. The average molecular weight is 221 g/mol. The van der Waals surface area contributed by atoms with Crippen LogP contribution < -0.4 is 5.32 Å². The van der Waals surface area contributed by atoms with Crippen molar-refractivity contribution in [2.75, 3.05) is 19.3 Å². The van der Waals surface area contributed by atoms with Gasteiger partial charge in [0, 0.05) is 35.4 Å². The maximum absolute atomic E-state index is 11.0. The molecule has 0 aromatic carbocycles. The van der Waals surface area contributed by atoms with Gasteiger partial charge in [0.25, 0.3) is 0 Å². The summed E-state index contributed by atoms with van der Waals surface area (Å²) < 4.78 is 11.0. The summed E-state index contributed by atoms with van der Waals surface area (Å²) in [7, 11) is -0.859. The fourth-order valence-electron chi connectivity index (χ4n) is 0.781. The van der Waals surface area contributed by atoms with Crippen LogP contribution in [-0.4, -0.2) is 39.9 Å². The van der Waals surface area contributed by atoms with Crippen LogP contribution in [0.2, 0.25) is 0 Å². The van der Waals surface area contributed by atoms with Gasteiger partial charge >= 0.3 is 5.97 Å². The standard InChI is InChI=1S/C9H19NO3S/c1-7(14(4)13)5-10-6-9(2,3)8(11)12/h7,10H,5-6H2,1-4H3,(H,11,12). The van der Waals surface area contributed by atoms with E-state index in [0.29, 0.717) is 13.1 Å². The Labute approximate surface area is 87.5 Å². The molecule has 14 heavy (non-hydrogen) atoms. The molecule has 0 aliphatic carbocycles. The Morgan fingerprint density at radius 2 is 2.07 bits per heavy atom. The summed E-state index contributed by atoms with van der Waals surface area (Å²) in [6.45, 7) is 6.17. The second-order valence-corrected chi connectivity index (χ2v) is 5.93. The molecule has 0 heterocycles. The lowest BCUT2D eigenvalue weighted by Crippen LogP contribution is -2.39. The Balaban J connectivity index is 3.85. The van der Waals surface area contributed by atoms with E-state index in [1.54, 1.807) is 20.1 Å². The van der Waals surface area contributed by atoms with Crippen molar-refractivity contribution >= 4 is 16.8 Å². The number of carbonyl (C=O) groups is 1. The Morgan fingerprint density at radius 1 is 1.57 bits per heavy atom. The molecule has 0 bridgehead atoms. The zero-order valence-corrected chi connectivity index (χ0v) is 9.98. The summed E-state index contributed by atoms with van der Waals surface area (Å²) in [5.41, 5.74) is -0.769. The lowest BCUT2D eigenvalue weighted by atomic mass is 9.94. The van der Waals surface area contributed by atoms with Crippen molar-refractivity contribution in [3.63, 3.8) is 0 Å². The molecule has 0 rings (SSSR count). The van der Waals surface area contributed by atoms with Crippen LogP contribution in [0.3, 0.4) is 0 Å². The van der Waals surface area contributed by atoms with Gasteiger partial charge in [-0.1, -0.05) is 0 Å². The molecule has 0 fully saturated rings. The van der Waals surface area contributed by atoms with Gasteiger partial charge in [-0.25, -0.2) is 0 Å². The highest BCUT2D eigenvalue weighted by Crippen LogP contribution is 2.12. The summed E-state index contributed by atoms with van der Waals surface area (Å²) in [6, 6.07) is 0. The zero-order chi connectivity index (χ0) is 11.4. The number of hydrogen-bond donors (Lipinski definition) is 2. The van der Waals surface area contributed by atoms with Gasteiger partial charge < -0.3 is 10.4 Å². The monoisotopic (exact) mass is 221 g/mol. The van der Waals surface area contributed by atoms with Crippen molar-refractivity contribution < 1.29 is 14.1 Å². The molecule has 2 N–H and O–H groups in total. The average Bonchev–Trinajstić information content (AvgIpc) is 2.03. The molecule has 0 aromatic rings. The molecule has 0 spiro atoms. The van der Waals surface area contributed by atoms with E-state index in [1.165, 1.54) is 0 Å². The molecule has 84 valence electrons. The Bertz CT molecular complexity index is 228. The molecular formula is C9H19NO3S. The maximum Gasteiger partial charge on any atom is 0.310 e. The number of hydrogen-bond acceptors (Lipinski definition) is 3. The van der Waals surface area contributed by atoms with E-state index < -0.39 is 22.2 Å². The third kappa shape index (κ3) is 4.72. The largest absolute Gasteiger partial charge is 0.481 e. The lowest BCUT2D eigenvalue weighted by molar-refractivity contribution is -0.146. The molecule has 0 aliphatic heterocycles. The first-order valence-corrected chi connectivity index (χ1v) is 6.16. The number of carboxylic acid groups (broad SMARTS) is 1. The van der Waals surface area contributed by atoms with Gasteiger partial charge in [-0.05, 0) is 20.8 Å². The van der Waals surface area contributed by atoms with Crippen LogP contribution >= 0.6 is 0 Å². The van der Waals surface area contributed by atoms with Gasteiger partial charge in [0.05, 0.1) is 5.41 Å². The third-order valence-electron chi connectivity index (χ3n) is 2.14. The van der Waals surface area contributed by atoms with Gasteiger partial charge in [-0.3, -0.25) is 9.00 Å². The summed E-state index contributed by atoms with van der Waals surface area (Å²) in [5.74, 6) is -0.824. The van der Waals surface area contributed by atoms with Crippen molar-refractivity contribution in [1.82, 2.24) is 5.32 Å². The molecule has 0 amide bonds. The maximum atomic E-state index is 11.0. The fourth-order valence-corrected chi connectivity index (χ4v) is 1.13. The molecule has 0 saturated carbocycles. The zero-order valence-electron chi connectivity index (χ0n) is 9.16. The molecule has 2 unspecified atom stereocenters. The van der Waals surface area contributed by atoms with Crippen molar-refractivity contribution in [2.24, 2.45) is 5.41 Å². The van der Waals surface area contributed by atoms with Gasteiger partial charge in [0.2, 0.25) is 0 Å². The third-order valence-corrected chi connectivity index (χ3v) is 3.44. The van der Waals surface area contributed by atoms with Crippen LogP contribution in [0.25, 0.3) is 0 Å². The van der Waals surface area contributed by atoms with Gasteiger partial charge in [0.1, 0.15) is 0 Å². The highest BCUT2D eigenvalue weighted by molar-refractivity contribution is 7.84. The molecule has 0 aromatic heterocycles. The molecule has 0 saturated heterocycles. The molecule has 5 heteroatoms. The van der Waals surface area contributed by atoms with Crippen LogP contribution in [0.5, 0.6) is 0 Å². The molecule has 4 nitrogen and oxygen atoms in total. The number of carboxylic acids is 1. The summed E-state index contributed by atoms with van der Waals surface area (Å²) in [5, 5.41) is 11.9. The van der Waals surface area contributed by atoms with Crippen LogP contribution in [-0.2, 0) is 15.6 Å². The van der Waals surface area contributed by atoms with E-state index in [9.17, 15) is 9.00 Å². The van der Waals surface area contributed by atoms with E-state index in [2.05, 4.69) is 5.32 Å². The number of aliphatic carboxylic acids is 1. The number of nitrogens with one attached hydrogen (secondary N) is 1. The molecule has 0 aliphatic rings. The minimum absolute atomic E-state index is 0.0552. The van der Waals surface area contributed by atoms with E-state index in [1.807, 2.05) is 6.92 Å². The smallest absolute Gasteiger partial charge is 0.310 e. The Kier molecular flexibility index (Phi) is 5.29. The number of rotatable bonds is 6. The highest BCUT2D eigenvalue weighted by atomic mass is 32.2. The van der Waals surface area contributed by atoms with Crippen LogP contribution in [0.15, 0.2) is 0 Å². The van der Waals surface area contributed by atoms with Gasteiger partial charge in [-0.15, -0.1) is 0 Å². The summed E-state index contributed by atoms with van der Waals surface area (Å²) in [6.07, 6.45) is 1.65. The second kappa shape index (κ2) is 5.46. The predicted molar refractivity (Wildman–Crippen MR) is 57.8 cm³/mol. The lowest BCUT2D eigenvalue weighted by Gasteiger charge is -2.20.